The molecule has 0 saturated carbocycles. The fraction of sp³-hybridized carbons (Fsp3) is 0.423. The van der Waals surface area contributed by atoms with Gasteiger partial charge in [-0.3, -0.25) is 18.2 Å². The van der Waals surface area contributed by atoms with Crippen molar-refractivity contribution in [3.05, 3.63) is 69.1 Å². The zero-order valence-electron chi connectivity index (χ0n) is 21.0. The Morgan fingerprint density at radius 1 is 1.08 bits per heavy atom. The first-order valence-corrected chi connectivity index (χ1v) is 15.3. The number of halogens is 3. The monoisotopic (exact) mass is 595 g/mol. The highest BCUT2D eigenvalue weighted by Crippen LogP contribution is 2.50. The largest absolute Gasteiger partial charge is 0.481 e. The molecule has 1 amide bonds. The zero-order valence-corrected chi connectivity index (χ0v) is 23.4. The van der Waals surface area contributed by atoms with Crippen LogP contribution in [0.5, 0.6) is 5.75 Å². The predicted octanol–water partition coefficient (Wildman–Crippen LogP) is 5.49. The number of hydrogen-bond acceptors (Lipinski definition) is 7. The van der Waals surface area contributed by atoms with Crippen molar-refractivity contribution in [1.82, 2.24) is 19.4 Å². The van der Waals surface area contributed by atoms with Crippen LogP contribution in [0, 0.1) is 5.82 Å². The highest BCUT2D eigenvalue weighted by atomic mass is 35.5. The van der Waals surface area contributed by atoms with Gasteiger partial charge in [0.05, 0.1) is 17.1 Å². The standard InChI is InChI=1S/C26H28Cl2FN5O4S/c27-16-5-6-17(18(29)14-16)24-25-19(30-21-4-1-2-10-32(21)25)9-12-33(24)23(35)15-38-20-7-8-22(31-26(20)28)34-11-3-13-39(34,36)37/h5-8,14,24,36-37H,1-4,9-13,15H2. The summed E-state index contributed by atoms with van der Waals surface area (Å²) in [6.45, 7) is 1.26. The van der Waals surface area contributed by atoms with E-state index in [1.54, 1.807) is 29.2 Å². The first-order chi connectivity index (χ1) is 18.7. The van der Waals surface area contributed by atoms with Crippen LogP contribution >= 0.6 is 34.0 Å². The van der Waals surface area contributed by atoms with Crippen LogP contribution in [0.2, 0.25) is 10.2 Å². The van der Waals surface area contributed by atoms with Gasteiger partial charge in [0.1, 0.15) is 23.5 Å². The Hall–Kier alpha value is -2.57. The minimum atomic E-state index is -2.91. The molecule has 1 saturated heterocycles. The Morgan fingerprint density at radius 2 is 1.92 bits per heavy atom. The van der Waals surface area contributed by atoms with E-state index in [1.807, 2.05) is 0 Å². The number of carbonyl (C=O) groups is 1. The Balaban J connectivity index is 1.26. The number of imidazole rings is 1. The predicted molar refractivity (Wildman–Crippen MR) is 148 cm³/mol. The minimum absolute atomic E-state index is 0.00786. The van der Waals surface area contributed by atoms with Crippen molar-refractivity contribution in [2.45, 2.75) is 44.7 Å². The molecule has 0 spiro atoms. The van der Waals surface area contributed by atoms with Gasteiger partial charge in [0.2, 0.25) is 0 Å². The van der Waals surface area contributed by atoms with E-state index in [9.17, 15) is 13.9 Å². The summed E-state index contributed by atoms with van der Waals surface area (Å²) in [5.74, 6) is 0.971. The van der Waals surface area contributed by atoms with Crippen LogP contribution in [0.4, 0.5) is 10.2 Å². The molecular weight excluding hydrogens is 568 g/mol. The summed E-state index contributed by atoms with van der Waals surface area (Å²) in [6.07, 6.45) is 4.11. The third kappa shape index (κ3) is 4.95. The van der Waals surface area contributed by atoms with Crippen molar-refractivity contribution in [2.75, 3.05) is 29.8 Å². The summed E-state index contributed by atoms with van der Waals surface area (Å²) in [5.41, 5.74) is 2.10. The summed E-state index contributed by atoms with van der Waals surface area (Å²) in [4.78, 5) is 24.3. The van der Waals surface area contributed by atoms with E-state index >= 15 is 4.39 Å². The Morgan fingerprint density at radius 3 is 2.67 bits per heavy atom. The second-order valence-electron chi connectivity index (χ2n) is 9.91. The summed E-state index contributed by atoms with van der Waals surface area (Å²) in [5, 5.41) is 0.290. The van der Waals surface area contributed by atoms with Gasteiger partial charge < -0.3 is 14.2 Å². The van der Waals surface area contributed by atoms with Gasteiger partial charge in [-0.1, -0.05) is 29.3 Å². The number of benzene rings is 1. The van der Waals surface area contributed by atoms with Crippen LogP contribution in [-0.4, -0.2) is 59.9 Å². The lowest BCUT2D eigenvalue weighted by molar-refractivity contribution is -0.135. The van der Waals surface area contributed by atoms with Gasteiger partial charge in [0, 0.05) is 43.1 Å². The molecule has 39 heavy (non-hydrogen) atoms. The molecule has 3 aliphatic rings. The summed E-state index contributed by atoms with van der Waals surface area (Å²) < 4.78 is 45.1. The van der Waals surface area contributed by atoms with Crippen LogP contribution in [-0.2, 0) is 24.2 Å². The fourth-order valence-electron chi connectivity index (χ4n) is 5.66. The van der Waals surface area contributed by atoms with Crippen molar-refractivity contribution < 1.29 is 23.0 Å². The van der Waals surface area contributed by atoms with E-state index in [1.165, 1.54) is 10.4 Å². The molecule has 2 N–H and O–H groups in total. The molecule has 6 rings (SSSR count). The topological polar surface area (TPSA) is 104 Å². The summed E-state index contributed by atoms with van der Waals surface area (Å²) in [7, 11) is -2.91. The van der Waals surface area contributed by atoms with Gasteiger partial charge in [0.25, 0.3) is 5.91 Å². The maximum atomic E-state index is 15.3. The molecular formula is C26H28Cl2FN5O4S. The van der Waals surface area contributed by atoms with E-state index < -0.39 is 22.6 Å². The maximum absolute atomic E-state index is 15.3. The number of nitrogens with zero attached hydrogens (tertiary/aromatic N) is 5. The van der Waals surface area contributed by atoms with Crippen LogP contribution in [0.15, 0.2) is 30.3 Å². The number of anilines is 1. The molecule has 208 valence electrons. The Kier molecular flexibility index (Phi) is 7.13. The number of hydrogen-bond donors (Lipinski definition) is 2. The molecule has 3 aromatic rings. The molecule has 1 atom stereocenters. The highest BCUT2D eigenvalue weighted by molar-refractivity contribution is 8.25. The van der Waals surface area contributed by atoms with Crippen LogP contribution in [0.3, 0.4) is 0 Å². The van der Waals surface area contributed by atoms with E-state index in [4.69, 9.17) is 32.9 Å². The average Bonchev–Trinajstić information content (AvgIpc) is 3.46. The number of aromatic nitrogens is 3. The molecule has 1 aromatic carbocycles. The normalized spacial score (nSPS) is 20.9. The molecule has 0 bridgehead atoms. The SMILES string of the molecule is O=C(COc1ccc(N2CCCS2(O)O)nc1Cl)N1CCc2nc3n(c2C1c1ccc(Cl)cc1F)CCCC3. The number of pyridine rings is 1. The van der Waals surface area contributed by atoms with Crippen LogP contribution < -0.4 is 9.04 Å². The smallest absolute Gasteiger partial charge is 0.261 e. The molecule has 5 heterocycles. The van der Waals surface area contributed by atoms with Gasteiger partial charge in [-0.15, -0.1) is 10.8 Å². The molecule has 3 aliphatic heterocycles. The fourth-order valence-corrected chi connectivity index (χ4v) is 7.59. The lowest BCUT2D eigenvalue weighted by Gasteiger charge is -2.37. The lowest BCUT2D eigenvalue weighted by atomic mass is 9.94. The zero-order chi connectivity index (χ0) is 27.3. The van der Waals surface area contributed by atoms with Crippen LogP contribution in [0.25, 0.3) is 0 Å². The lowest BCUT2D eigenvalue weighted by Crippen LogP contribution is -2.44. The number of amides is 1. The molecule has 13 heteroatoms. The molecule has 2 aromatic heterocycles. The highest BCUT2D eigenvalue weighted by Gasteiger charge is 2.39. The number of carbonyl (C=O) groups excluding carboxylic acids is 1. The van der Waals surface area contributed by atoms with Gasteiger partial charge in [0.15, 0.2) is 17.5 Å². The second-order valence-corrected chi connectivity index (χ2v) is 12.8. The number of fused-ring (bicyclic) bond motifs is 3. The maximum Gasteiger partial charge on any atom is 0.261 e. The van der Waals surface area contributed by atoms with Crippen molar-refractivity contribution in [3.8, 4) is 5.75 Å². The van der Waals surface area contributed by atoms with E-state index in [-0.39, 0.29) is 34.2 Å². The quantitative estimate of drug-likeness (QED) is 0.376. The van der Waals surface area contributed by atoms with E-state index in [0.29, 0.717) is 37.3 Å². The Bertz CT molecular complexity index is 1440. The van der Waals surface area contributed by atoms with Crippen molar-refractivity contribution in [3.63, 3.8) is 0 Å². The van der Waals surface area contributed by atoms with Gasteiger partial charge in [-0.2, -0.15) is 0 Å². The first-order valence-electron chi connectivity index (χ1n) is 12.9. The Labute approximate surface area is 237 Å². The van der Waals surface area contributed by atoms with Gasteiger partial charge in [-0.05, 0) is 43.5 Å². The average molecular weight is 597 g/mol. The second kappa shape index (κ2) is 10.4. The van der Waals surface area contributed by atoms with E-state index in [2.05, 4.69) is 9.55 Å². The van der Waals surface area contributed by atoms with Crippen LogP contribution in [0.1, 0.15) is 48.1 Å². The summed E-state index contributed by atoms with van der Waals surface area (Å²) >= 11 is 12.4. The van der Waals surface area contributed by atoms with Gasteiger partial charge >= 0.3 is 0 Å². The first kappa shape index (κ1) is 26.6. The van der Waals surface area contributed by atoms with Crippen molar-refractivity contribution in [1.29, 1.82) is 0 Å². The third-order valence-corrected chi connectivity index (χ3v) is 9.89. The molecule has 1 fully saturated rings. The number of aryl methyl sites for hydroxylation is 1. The summed E-state index contributed by atoms with van der Waals surface area (Å²) in [6, 6.07) is 7.00. The molecule has 0 radical (unpaired) electrons. The van der Waals surface area contributed by atoms with Crippen molar-refractivity contribution >= 4 is 45.7 Å². The van der Waals surface area contributed by atoms with E-state index in [0.717, 1.165) is 43.0 Å². The van der Waals surface area contributed by atoms with Crippen molar-refractivity contribution in [2.24, 2.45) is 0 Å². The number of rotatable bonds is 5. The van der Waals surface area contributed by atoms with Gasteiger partial charge in [-0.25, -0.2) is 14.4 Å². The minimum Gasteiger partial charge on any atom is -0.481 e. The molecule has 0 aliphatic carbocycles. The third-order valence-electron chi connectivity index (χ3n) is 7.47. The molecule has 9 nitrogen and oxygen atoms in total. The molecule has 1 unspecified atom stereocenters. The number of ether oxygens (including phenoxy) is 1.